The molecule has 0 unspecified atom stereocenters. The standard InChI is InChI=1S/C16H31NO/c1-5-18-12-6-11-17-13-14-7-9-15(10-8-14)16(2,3)4/h5,14-15,17H,1,6-13H2,2-4H3. The first-order chi connectivity index (χ1) is 8.54. The molecule has 0 aromatic carbocycles. The van der Waals surface area contributed by atoms with Gasteiger partial charge in [0.2, 0.25) is 0 Å². The van der Waals surface area contributed by atoms with Gasteiger partial charge in [-0.3, -0.25) is 0 Å². The second kappa shape index (κ2) is 7.83. The number of nitrogens with one attached hydrogen (secondary N) is 1. The van der Waals surface area contributed by atoms with Gasteiger partial charge in [0.25, 0.3) is 0 Å². The molecule has 106 valence electrons. The highest BCUT2D eigenvalue weighted by Gasteiger charge is 2.29. The molecule has 1 fully saturated rings. The van der Waals surface area contributed by atoms with Crippen molar-refractivity contribution in [2.75, 3.05) is 19.7 Å². The van der Waals surface area contributed by atoms with E-state index in [-0.39, 0.29) is 0 Å². The van der Waals surface area contributed by atoms with Gasteiger partial charge >= 0.3 is 0 Å². The molecule has 0 aliphatic heterocycles. The van der Waals surface area contributed by atoms with E-state index < -0.39 is 0 Å². The minimum atomic E-state index is 0.500. The van der Waals surface area contributed by atoms with Gasteiger partial charge in [-0.1, -0.05) is 27.4 Å². The third-order valence-corrected chi connectivity index (χ3v) is 4.24. The van der Waals surface area contributed by atoms with E-state index in [0.717, 1.165) is 31.4 Å². The summed E-state index contributed by atoms with van der Waals surface area (Å²) in [5, 5.41) is 3.55. The van der Waals surface area contributed by atoms with Crippen LogP contribution >= 0.6 is 0 Å². The fraction of sp³-hybridized carbons (Fsp3) is 0.875. The number of rotatable bonds is 7. The van der Waals surface area contributed by atoms with Crippen LogP contribution < -0.4 is 5.32 Å². The van der Waals surface area contributed by atoms with E-state index >= 15 is 0 Å². The summed E-state index contributed by atoms with van der Waals surface area (Å²) >= 11 is 0. The average molecular weight is 253 g/mol. The molecule has 0 saturated heterocycles. The van der Waals surface area contributed by atoms with Crippen molar-refractivity contribution in [3.05, 3.63) is 12.8 Å². The van der Waals surface area contributed by atoms with E-state index in [1.165, 1.54) is 38.5 Å². The Kier molecular flexibility index (Phi) is 6.77. The van der Waals surface area contributed by atoms with Gasteiger partial charge in [0.1, 0.15) is 0 Å². The Balaban J connectivity index is 2.04. The molecular formula is C16H31NO. The lowest BCUT2D eigenvalue weighted by Gasteiger charge is -2.37. The van der Waals surface area contributed by atoms with Crippen LogP contribution in [0.15, 0.2) is 12.8 Å². The third kappa shape index (κ3) is 5.90. The molecule has 1 N–H and O–H groups in total. The van der Waals surface area contributed by atoms with E-state index in [0.29, 0.717) is 5.41 Å². The number of hydrogen-bond donors (Lipinski definition) is 1. The summed E-state index contributed by atoms with van der Waals surface area (Å²) in [5.41, 5.74) is 0.500. The summed E-state index contributed by atoms with van der Waals surface area (Å²) in [6.07, 6.45) is 8.22. The molecule has 1 aliphatic rings. The number of hydrogen-bond acceptors (Lipinski definition) is 2. The molecule has 2 nitrogen and oxygen atoms in total. The quantitative estimate of drug-likeness (QED) is 0.547. The molecule has 0 spiro atoms. The van der Waals surface area contributed by atoms with Crippen molar-refractivity contribution in [2.45, 2.75) is 52.9 Å². The normalized spacial score (nSPS) is 24.8. The lowest BCUT2D eigenvalue weighted by molar-refractivity contribution is 0.148. The van der Waals surface area contributed by atoms with Gasteiger partial charge in [-0.05, 0) is 62.4 Å². The minimum Gasteiger partial charge on any atom is -0.502 e. The molecule has 0 amide bonds. The highest BCUT2D eigenvalue weighted by molar-refractivity contribution is 4.81. The highest BCUT2D eigenvalue weighted by Crippen LogP contribution is 2.39. The van der Waals surface area contributed by atoms with Gasteiger partial charge in [-0.15, -0.1) is 0 Å². The van der Waals surface area contributed by atoms with Crippen LogP contribution in [0.4, 0.5) is 0 Å². The molecule has 2 heteroatoms. The van der Waals surface area contributed by atoms with Gasteiger partial charge in [-0.25, -0.2) is 0 Å². The number of ether oxygens (including phenoxy) is 1. The maximum Gasteiger partial charge on any atom is 0.0885 e. The summed E-state index contributed by atoms with van der Waals surface area (Å²) in [6.45, 7) is 13.7. The molecule has 0 aromatic rings. The van der Waals surface area contributed by atoms with Crippen molar-refractivity contribution in [1.29, 1.82) is 0 Å². The van der Waals surface area contributed by atoms with Gasteiger partial charge < -0.3 is 10.1 Å². The topological polar surface area (TPSA) is 21.3 Å². The van der Waals surface area contributed by atoms with Crippen LogP contribution in [-0.4, -0.2) is 19.7 Å². The van der Waals surface area contributed by atoms with E-state index in [1.807, 2.05) is 0 Å². The van der Waals surface area contributed by atoms with Crippen LogP contribution in [0.1, 0.15) is 52.9 Å². The lowest BCUT2D eigenvalue weighted by atomic mass is 9.70. The van der Waals surface area contributed by atoms with Crippen molar-refractivity contribution in [2.24, 2.45) is 17.3 Å². The Hall–Kier alpha value is -0.500. The second-order valence-corrected chi connectivity index (χ2v) is 6.68. The zero-order valence-corrected chi connectivity index (χ0v) is 12.5. The monoisotopic (exact) mass is 253 g/mol. The van der Waals surface area contributed by atoms with Crippen molar-refractivity contribution in [3.8, 4) is 0 Å². The lowest BCUT2D eigenvalue weighted by Crippen LogP contribution is -2.31. The molecule has 0 bridgehead atoms. The minimum absolute atomic E-state index is 0.500. The molecule has 18 heavy (non-hydrogen) atoms. The fourth-order valence-electron chi connectivity index (χ4n) is 2.90. The molecular weight excluding hydrogens is 222 g/mol. The van der Waals surface area contributed by atoms with Gasteiger partial charge in [-0.2, -0.15) is 0 Å². The summed E-state index contributed by atoms with van der Waals surface area (Å²) in [6, 6.07) is 0. The molecule has 1 aliphatic carbocycles. The van der Waals surface area contributed by atoms with Crippen molar-refractivity contribution < 1.29 is 4.74 Å². The predicted octanol–water partition coefficient (Wildman–Crippen LogP) is 3.98. The second-order valence-electron chi connectivity index (χ2n) is 6.68. The zero-order valence-electron chi connectivity index (χ0n) is 12.5. The van der Waals surface area contributed by atoms with Crippen LogP contribution in [0.2, 0.25) is 0 Å². The summed E-state index contributed by atoms with van der Waals surface area (Å²) in [7, 11) is 0. The molecule has 1 rings (SSSR count). The van der Waals surface area contributed by atoms with E-state index in [4.69, 9.17) is 4.74 Å². The van der Waals surface area contributed by atoms with Gasteiger partial charge in [0.05, 0.1) is 12.9 Å². The fourth-order valence-corrected chi connectivity index (χ4v) is 2.90. The largest absolute Gasteiger partial charge is 0.502 e. The summed E-state index contributed by atoms with van der Waals surface area (Å²) in [5.74, 6) is 1.82. The maximum absolute atomic E-state index is 5.10. The van der Waals surface area contributed by atoms with Gasteiger partial charge in [0.15, 0.2) is 0 Å². The summed E-state index contributed by atoms with van der Waals surface area (Å²) in [4.78, 5) is 0. The molecule has 0 radical (unpaired) electrons. The maximum atomic E-state index is 5.10. The Labute approximate surface area is 113 Å². The summed E-state index contributed by atoms with van der Waals surface area (Å²) < 4.78 is 5.10. The van der Waals surface area contributed by atoms with Crippen LogP contribution in [0, 0.1) is 17.3 Å². The Morgan fingerprint density at radius 2 is 1.89 bits per heavy atom. The van der Waals surface area contributed by atoms with E-state index in [2.05, 4.69) is 32.7 Å². The van der Waals surface area contributed by atoms with E-state index in [9.17, 15) is 0 Å². The Morgan fingerprint density at radius 1 is 1.22 bits per heavy atom. The molecule has 1 saturated carbocycles. The third-order valence-electron chi connectivity index (χ3n) is 4.24. The SMILES string of the molecule is C=COCCCNCC1CCC(C(C)(C)C)CC1. The van der Waals surface area contributed by atoms with Crippen LogP contribution in [0.3, 0.4) is 0 Å². The van der Waals surface area contributed by atoms with Crippen molar-refractivity contribution in [3.63, 3.8) is 0 Å². The van der Waals surface area contributed by atoms with Crippen LogP contribution in [0.25, 0.3) is 0 Å². The first kappa shape index (κ1) is 15.6. The average Bonchev–Trinajstić information content (AvgIpc) is 2.33. The van der Waals surface area contributed by atoms with Gasteiger partial charge in [0, 0.05) is 0 Å². The first-order valence-electron chi connectivity index (χ1n) is 7.47. The molecule has 0 heterocycles. The van der Waals surface area contributed by atoms with Crippen LogP contribution in [-0.2, 0) is 4.74 Å². The first-order valence-corrected chi connectivity index (χ1v) is 7.47. The van der Waals surface area contributed by atoms with E-state index in [1.54, 1.807) is 0 Å². The molecule has 0 aromatic heterocycles. The Morgan fingerprint density at radius 3 is 2.44 bits per heavy atom. The predicted molar refractivity (Wildman–Crippen MR) is 78.5 cm³/mol. The zero-order chi connectivity index (χ0) is 13.4. The highest BCUT2D eigenvalue weighted by atomic mass is 16.5. The Bertz CT molecular complexity index is 224. The van der Waals surface area contributed by atoms with Crippen molar-refractivity contribution >= 4 is 0 Å². The van der Waals surface area contributed by atoms with Crippen molar-refractivity contribution in [1.82, 2.24) is 5.32 Å². The smallest absolute Gasteiger partial charge is 0.0885 e. The molecule has 0 atom stereocenters. The van der Waals surface area contributed by atoms with Crippen LogP contribution in [0.5, 0.6) is 0 Å².